The molecule has 0 radical (unpaired) electrons. The lowest BCUT2D eigenvalue weighted by atomic mass is 10.6. The van der Waals surface area contributed by atoms with Crippen LogP contribution in [0.25, 0.3) is 0 Å². The van der Waals surface area contributed by atoms with Gasteiger partial charge in [0.25, 0.3) is 0 Å². The second kappa shape index (κ2) is 6.54. The molecule has 4 nitrogen and oxygen atoms in total. The molecule has 0 spiro atoms. The smallest absolute Gasteiger partial charge is 0.219 e. The Bertz CT molecular complexity index is 76.2. The summed E-state index contributed by atoms with van der Waals surface area (Å²) < 4.78 is 4.56. The van der Waals surface area contributed by atoms with Crippen LogP contribution in [0.2, 0.25) is 0 Å². The van der Waals surface area contributed by atoms with Crippen molar-refractivity contribution in [3.05, 3.63) is 0 Å². The van der Waals surface area contributed by atoms with Crippen LogP contribution in [0, 0.1) is 0 Å². The molecule has 70 valence electrons. The standard InChI is InChI=1S/C4H11NO2.C3H9N/c1-3-7-4(2,5)6;1-4(2)3/h6H,3,5H2,1-2H3;1-3H3. The van der Waals surface area contributed by atoms with E-state index >= 15 is 0 Å². The van der Waals surface area contributed by atoms with Crippen molar-refractivity contribution < 1.29 is 9.84 Å². The molecular weight excluding hydrogens is 144 g/mol. The van der Waals surface area contributed by atoms with Gasteiger partial charge in [-0.15, -0.1) is 0 Å². The molecule has 0 heterocycles. The molecule has 1 atom stereocenters. The topological polar surface area (TPSA) is 58.7 Å². The summed E-state index contributed by atoms with van der Waals surface area (Å²) in [4.78, 5) is 2.00. The van der Waals surface area contributed by atoms with Gasteiger partial charge in [-0.3, -0.25) is 5.73 Å². The minimum atomic E-state index is -1.45. The van der Waals surface area contributed by atoms with Crippen LogP contribution in [-0.4, -0.2) is 43.7 Å². The van der Waals surface area contributed by atoms with Gasteiger partial charge < -0.3 is 14.7 Å². The molecule has 0 saturated heterocycles. The Morgan fingerprint density at radius 1 is 1.45 bits per heavy atom. The zero-order chi connectivity index (χ0) is 9.49. The van der Waals surface area contributed by atoms with Crippen LogP contribution in [0.15, 0.2) is 0 Å². The van der Waals surface area contributed by atoms with Crippen LogP contribution in [0.1, 0.15) is 13.8 Å². The molecular formula is C7H20N2O2. The Morgan fingerprint density at radius 3 is 1.73 bits per heavy atom. The van der Waals surface area contributed by atoms with Crippen molar-refractivity contribution in [3.63, 3.8) is 0 Å². The van der Waals surface area contributed by atoms with Crippen molar-refractivity contribution in [2.24, 2.45) is 5.73 Å². The molecule has 0 bridgehead atoms. The molecule has 3 N–H and O–H groups in total. The SMILES string of the molecule is CCOC(C)(N)O.CN(C)C. The van der Waals surface area contributed by atoms with E-state index in [1.54, 1.807) is 6.92 Å². The summed E-state index contributed by atoms with van der Waals surface area (Å²) >= 11 is 0. The molecule has 4 heteroatoms. The third-order valence-corrected chi connectivity index (χ3v) is 0.437. The predicted octanol–water partition coefficient (Wildman–Crippen LogP) is -0.175. The maximum atomic E-state index is 8.57. The summed E-state index contributed by atoms with van der Waals surface area (Å²) in [5.41, 5.74) is 4.98. The lowest BCUT2D eigenvalue weighted by Gasteiger charge is -2.15. The fraction of sp³-hybridized carbons (Fsp3) is 1.00. The lowest BCUT2D eigenvalue weighted by Crippen LogP contribution is -2.38. The first-order chi connectivity index (χ1) is 4.79. The van der Waals surface area contributed by atoms with E-state index in [2.05, 4.69) is 4.74 Å². The van der Waals surface area contributed by atoms with Gasteiger partial charge in [0.1, 0.15) is 0 Å². The summed E-state index contributed by atoms with van der Waals surface area (Å²) in [5, 5.41) is 8.57. The fourth-order valence-electron chi connectivity index (χ4n) is 0.292. The first kappa shape index (κ1) is 13.4. The molecule has 0 aliphatic carbocycles. The number of nitrogens with two attached hydrogens (primary N) is 1. The Morgan fingerprint density at radius 2 is 1.73 bits per heavy atom. The summed E-state index contributed by atoms with van der Waals surface area (Å²) in [5.74, 6) is -1.45. The molecule has 0 rings (SSSR count). The average Bonchev–Trinajstić information content (AvgIpc) is 1.58. The first-order valence-electron chi connectivity index (χ1n) is 3.55. The van der Waals surface area contributed by atoms with Crippen LogP contribution in [0.5, 0.6) is 0 Å². The molecule has 1 unspecified atom stereocenters. The summed E-state index contributed by atoms with van der Waals surface area (Å²) in [6.45, 7) is 3.58. The van der Waals surface area contributed by atoms with Gasteiger partial charge in [-0.05, 0) is 28.1 Å². The van der Waals surface area contributed by atoms with E-state index in [1.807, 2.05) is 26.0 Å². The number of hydrogen-bond donors (Lipinski definition) is 2. The average molecular weight is 164 g/mol. The Labute approximate surface area is 68.9 Å². The normalized spacial score (nSPS) is 15.3. The van der Waals surface area contributed by atoms with Crippen molar-refractivity contribution >= 4 is 0 Å². The highest BCUT2D eigenvalue weighted by molar-refractivity contribution is 4.41. The van der Waals surface area contributed by atoms with E-state index in [-0.39, 0.29) is 0 Å². The number of ether oxygens (including phenoxy) is 1. The van der Waals surface area contributed by atoms with Crippen molar-refractivity contribution in [1.82, 2.24) is 4.90 Å². The van der Waals surface area contributed by atoms with E-state index in [1.165, 1.54) is 6.92 Å². The quantitative estimate of drug-likeness (QED) is 0.556. The van der Waals surface area contributed by atoms with Gasteiger partial charge in [-0.2, -0.15) is 0 Å². The van der Waals surface area contributed by atoms with E-state index in [0.717, 1.165) is 0 Å². The van der Waals surface area contributed by atoms with Crippen molar-refractivity contribution in [3.8, 4) is 0 Å². The van der Waals surface area contributed by atoms with Gasteiger partial charge in [-0.1, -0.05) is 0 Å². The number of aliphatic hydroxyl groups is 1. The van der Waals surface area contributed by atoms with Gasteiger partial charge in [0.15, 0.2) is 0 Å². The first-order valence-corrected chi connectivity index (χ1v) is 3.55. The molecule has 11 heavy (non-hydrogen) atoms. The third kappa shape index (κ3) is 41.0. The van der Waals surface area contributed by atoms with Crippen LogP contribution in [0.3, 0.4) is 0 Å². The molecule has 0 aliphatic heterocycles. The van der Waals surface area contributed by atoms with Crippen molar-refractivity contribution in [2.75, 3.05) is 27.7 Å². The van der Waals surface area contributed by atoms with Crippen LogP contribution >= 0.6 is 0 Å². The summed E-state index contributed by atoms with van der Waals surface area (Å²) in [6, 6.07) is 0. The summed E-state index contributed by atoms with van der Waals surface area (Å²) in [6.07, 6.45) is 0. The molecule has 0 aromatic carbocycles. The second-order valence-electron chi connectivity index (χ2n) is 2.83. The lowest BCUT2D eigenvalue weighted by molar-refractivity contribution is -0.181. The molecule has 0 amide bonds. The highest BCUT2D eigenvalue weighted by Gasteiger charge is 2.09. The van der Waals surface area contributed by atoms with E-state index < -0.39 is 5.91 Å². The number of nitrogens with zero attached hydrogens (tertiary/aromatic N) is 1. The Kier molecular flexibility index (Phi) is 7.99. The second-order valence-corrected chi connectivity index (χ2v) is 2.83. The number of hydrogen-bond acceptors (Lipinski definition) is 4. The summed E-state index contributed by atoms with van der Waals surface area (Å²) in [7, 11) is 6.00. The van der Waals surface area contributed by atoms with Gasteiger partial charge >= 0.3 is 0 Å². The molecule has 0 aromatic heterocycles. The van der Waals surface area contributed by atoms with Gasteiger partial charge in [-0.25, -0.2) is 0 Å². The maximum absolute atomic E-state index is 8.57. The van der Waals surface area contributed by atoms with Crippen LogP contribution < -0.4 is 5.73 Å². The van der Waals surface area contributed by atoms with Crippen molar-refractivity contribution in [2.45, 2.75) is 19.8 Å². The Hall–Kier alpha value is -0.160. The highest BCUT2D eigenvalue weighted by Crippen LogP contribution is 1.91. The fourth-order valence-corrected chi connectivity index (χ4v) is 0.292. The van der Waals surface area contributed by atoms with E-state index in [0.29, 0.717) is 6.61 Å². The largest absolute Gasteiger partial charge is 0.354 e. The minimum absolute atomic E-state index is 0.434. The zero-order valence-electron chi connectivity index (χ0n) is 8.09. The van der Waals surface area contributed by atoms with Crippen LogP contribution in [-0.2, 0) is 4.74 Å². The minimum Gasteiger partial charge on any atom is -0.354 e. The molecule has 0 saturated carbocycles. The van der Waals surface area contributed by atoms with Gasteiger partial charge in [0.2, 0.25) is 5.91 Å². The van der Waals surface area contributed by atoms with Gasteiger partial charge in [0, 0.05) is 13.5 Å². The molecule has 0 aromatic rings. The number of rotatable bonds is 2. The van der Waals surface area contributed by atoms with E-state index in [4.69, 9.17) is 10.8 Å². The maximum Gasteiger partial charge on any atom is 0.219 e. The van der Waals surface area contributed by atoms with Gasteiger partial charge in [0.05, 0.1) is 0 Å². The zero-order valence-corrected chi connectivity index (χ0v) is 8.09. The highest BCUT2D eigenvalue weighted by atomic mass is 16.6. The third-order valence-electron chi connectivity index (χ3n) is 0.437. The molecule has 0 aliphatic rings. The molecule has 0 fully saturated rings. The van der Waals surface area contributed by atoms with Crippen LogP contribution in [0.4, 0.5) is 0 Å². The van der Waals surface area contributed by atoms with E-state index in [9.17, 15) is 0 Å². The monoisotopic (exact) mass is 164 g/mol. The predicted molar refractivity (Wildman–Crippen MR) is 46.0 cm³/mol. The Balaban J connectivity index is 0. The van der Waals surface area contributed by atoms with Crippen molar-refractivity contribution in [1.29, 1.82) is 0 Å².